The van der Waals surface area contributed by atoms with Crippen LogP contribution in [0.2, 0.25) is 0 Å². The predicted octanol–water partition coefficient (Wildman–Crippen LogP) is 3.42. The van der Waals surface area contributed by atoms with Gasteiger partial charge in [0, 0.05) is 33.7 Å². The van der Waals surface area contributed by atoms with Gasteiger partial charge in [-0.3, -0.25) is 4.99 Å². The summed E-state index contributed by atoms with van der Waals surface area (Å²) < 4.78 is 0. The van der Waals surface area contributed by atoms with E-state index in [1.165, 1.54) is 58.2 Å². The number of rotatable bonds is 8. The van der Waals surface area contributed by atoms with Gasteiger partial charge in [-0.15, -0.1) is 24.0 Å². The summed E-state index contributed by atoms with van der Waals surface area (Å²) >= 11 is 0. The third kappa shape index (κ3) is 9.18. The van der Waals surface area contributed by atoms with Crippen LogP contribution in [0.15, 0.2) is 4.99 Å². The number of hydrogen-bond acceptors (Lipinski definition) is 2. The van der Waals surface area contributed by atoms with Crippen molar-refractivity contribution in [3.05, 3.63) is 0 Å². The number of likely N-dealkylation sites (tertiary alicyclic amines) is 1. The van der Waals surface area contributed by atoms with Crippen molar-refractivity contribution in [2.24, 2.45) is 10.9 Å². The van der Waals surface area contributed by atoms with E-state index in [1.807, 2.05) is 7.05 Å². The fourth-order valence-electron chi connectivity index (χ4n) is 3.04. The number of piperidine rings is 1. The van der Waals surface area contributed by atoms with E-state index in [0.29, 0.717) is 0 Å². The van der Waals surface area contributed by atoms with Crippen LogP contribution in [0.4, 0.5) is 0 Å². The molecule has 1 aliphatic heterocycles. The Balaban J connectivity index is 0.00000441. The first-order chi connectivity index (χ1) is 10.2. The van der Waals surface area contributed by atoms with Gasteiger partial charge in [-0.1, -0.05) is 20.3 Å². The van der Waals surface area contributed by atoms with E-state index < -0.39 is 0 Å². The van der Waals surface area contributed by atoms with E-state index in [-0.39, 0.29) is 24.0 Å². The first-order valence-electron chi connectivity index (χ1n) is 8.81. The molecule has 1 N–H and O–H groups in total. The summed E-state index contributed by atoms with van der Waals surface area (Å²) in [5.41, 5.74) is 0. The Morgan fingerprint density at radius 3 is 2.73 bits per heavy atom. The Hall–Kier alpha value is -0.0400. The van der Waals surface area contributed by atoms with Crippen molar-refractivity contribution in [1.29, 1.82) is 0 Å². The van der Waals surface area contributed by atoms with E-state index in [9.17, 15) is 0 Å². The molecule has 0 aromatic carbocycles. The number of halogens is 1. The molecule has 132 valence electrons. The second kappa shape index (κ2) is 13.4. The zero-order chi connectivity index (χ0) is 15.5. The summed E-state index contributed by atoms with van der Waals surface area (Å²) in [4.78, 5) is 9.23. The molecular weight excluding hydrogens is 387 g/mol. The van der Waals surface area contributed by atoms with Crippen LogP contribution in [-0.4, -0.2) is 62.6 Å². The van der Waals surface area contributed by atoms with Crippen molar-refractivity contribution < 1.29 is 0 Å². The van der Waals surface area contributed by atoms with Crippen molar-refractivity contribution in [3.8, 4) is 0 Å². The number of hydrogen-bond donors (Lipinski definition) is 1. The molecule has 0 aliphatic carbocycles. The van der Waals surface area contributed by atoms with Gasteiger partial charge >= 0.3 is 0 Å². The molecule has 1 aliphatic rings. The van der Waals surface area contributed by atoms with E-state index in [4.69, 9.17) is 0 Å². The molecule has 1 saturated heterocycles. The van der Waals surface area contributed by atoms with Gasteiger partial charge in [0.2, 0.25) is 0 Å². The molecule has 0 radical (unpaired) electrons. The molecule has 1 atom stereocenters. The van der Waals surface area contributed by atoms with Gasteiger partial charge in [0.25, 0.3) is 0 Å². The van der Waals surface area contributed by atoms with Gasteiger partial charge in [0.1, 0.15) is 0 Å². The first-order valence-corrected chi connectivity index (χ1v) is 8.81. The molecule has 1 unspecified atom stereocenters. The third-order valence-corrected chi connectivity index (χ3v) is 4.35. The zero-order valence-corrected chi connectivity index (χ0v) is 17.4. The summed E-state index contributed by atoms with van der Waals surface area (Å²) in [6.45, 7) is 10.6. The van der Waals surface area contributed by atoms with Gasteiger partial charge in [0.15, 0.2) is 5.96 Å². The van der Waals surface area contributed by atoms with Gasteiger partial charge < -0.3 is 15.1 Å². The topological polar surface area (TPSA) is 30.9 Å². The highest BCUT2D eigenvalue weighted by Crippen LogP contribution is 2.15. The number of guanidine groups is 1. The van der Waals surface area contributed by atoms with Crippen LogP contribution in [0.5, 0.6) is 0 Å². The van der Waals surface area contributed by atoms with Gasteiger partial charge in [-0.05, 0) is 51.1 Å². The summed E-state index contributed by atoms with van der Waals surface area (Å²) in [5, 5.41) is 3.48. The maximum absolute atomic E-state index is 4.36. The van der Waals surface area contributed by atoms with Gasteiger partial charge in [-0.25, -0.2) is 0 Å². The lowest BCUT2D eigenvalue weighted by molar-refractivity contribution is 0.181. The maximum atomic E-state index is 4.36. The normalized spacial score (nSPS) is 19.6. The first kappa shape index (κ1) is 22.0. The molecule has 1 fully saturated rings. The highest BCUT2D eigenvalue weighted by atomic mass is 127. The molecule has 0 bridgehead atoms. The largest absolute Gasteiger partial charge is 0.356 e. The number of unbranched alkanes of at least 4 members (excludes halogenated alkanes) is 2. The van der Waals surface area contributed by atoms with Crippen molar-refractivity contribution in [1.82, 2.24) is 15.1 Å². The smallest absolute Gasteiger partial charge is 0.193 e. The minimum absolute atomic E-state index is 0. The number of aliphatic imine (C=N–C) groups is 1. The van der Waals surface area contributed by atoms with Gasteiger partial charge in [-0.2, -0.15) is 0 Å². The monoisotopic (exact) mass is 424 g/mol. The van der Waals surface area contributed by atoms with Crippen LogP contribution in [0, 0.1) is 5.92 Å². The lowest BCUT2D eigenvalue weighted by atomic mass is 10.0. The second-order valence-corrected chi connectivity index (χ2v) is 6.50. The number of nitrogens with one attached hydrogen (secondary N) is 1. The molecule has 0 saturated carbocycles. The molecule has 1 rings (SSSR count). The molecule has 1 heterocycles. The number of nitrogens with zero attached hydrogens (tertiary/aromatic N) is 3. The molecule has 5 heteroatoms. The summed E-state index contributed by atoms with van der Waals surface area (Å²) in [6.07, 6.45) is 7.77. The summed E-state index contributed by atoms with van der Waals surface area (Å²) in [7, 11) is 4.00. The standard InChI is InChI=1S/C17H36N4.HI/c1-5-6-12-20(4)17(18-3)19-11-7-8-13-21-14-9-10-16(2)15-21;/h16H,5-15H2,1-4H3,(H,18,19);1H. The minimum atomic E-state index is 0. The molecule has 22 heavy (non-hydrogen) atoms. The van der Waals surface area contributed by atoms with Crippen LogP contribution >= 0.6 is 24.0 Å². The Morgan fingerprint density at radius 2 is 2.09 bits per heavy atom. The van der Waals surface area contributed by atoms with Crippen molar-refractivity contribution >= 4 is 29.9 Å². The predicted molar refractivity (Wildman–Crippen MR) is 108 cm³/mol. The Bertz CT molecular complexity index is 296. The maximum Gasteiger partial charge on any atom is 0.193 e. The average Bonchev–Trinajstić information content (AvgIpc) is 2.48. The van der Waals surface area contributed by atoms with Crippen LogP contribution in [0.1, 0.15) is 52.4 Å². The van der Waals surface area contributed by atoms with E-state index >= 15 is 0 Å². The average molecular weight is 424 g/mol. The Labute approximate surface area is 155 Å². The molecular formula is C17H37IN4. The second-order valence-electron chi connectivity index (χ2n) is 6.50. The lowest BCUT2D eigenvalue weighted by Gasteiger charge is -2.30. The van der Waals surface area contributed by atoms with Crippen LogP contribution in [0.25, 0.3) is 0 Å². The molecule has 0 aromatic rings. The van der Waals surface area contributed by atoms with Gasteiger partial charge in [0.05, 0.1) is 0 Å². The molecule has 0 spiro atoms. The minimum Gasteiger partial charge on any atom is -0.356 e. The fraction of sp³-hybridized carbons (Fsp3) is 0.941. The van der Waals surface area contributed by atoms with Crippen LogP contribution in [-0.2, 0) is 0 Å². The van der Waals surface area contributed by atoms with Crippen molar-refractivity contribution in [2.45, 2.75) is 52.4 Å². The summed E-state index contributed by atoms with van der Waals surface area (Å²) in [5.74, 6) is 1.93. The zero-order valence-electron chi connectivity index (χ0n) is 15.1. The van der Waals surface area contributed by atoms with Crippen molar-refractivity contribution in [3.63, 3.8) is 0 Å². The lowest BCUT2D eigenvalue weighted by Crippen LogP contribution is -2.40. The third-order valence-electron chi connectivity index (χ3n) is 4.35. The molecule has 0 aromatic heterocycles. The van der Waals surface area contributed by atoms with Crippen LogP contribution < -0.4 is 5.32 Å². The van der Waals surface area contributed by atoms with Crippen LogP contribution in [0.3, 0.4) is 0 Å². The van der Waals surface area contributed by atoms with E-state index in [0.717, 1.165) is 25.0 Å². The summed E-state index contributed by atoms with van der Waals surface area (Å²) in [6, 6.07) is 0. The molecule has 4 nitrogen and oxygen atoms in total. The van der Waals surface area contributed by atoms with E-state index in [2.05, 4.69) is 41.0 Å². The Morgan fingerprint density at radius 1 is 1.32 bits per heavy atom. The highest BCUT2D eigenvalue weighted by molar-refractivity contribution is 14.0. The van der Waals surface area contributed by atoms with E-state index in [1.54, 1.807) is 0 Å². The Kier molecular flexibility index (Phi) is 13.4. The van der Waals surface area contributed by atoms with Crippen molar-refractivity contribution in [2.75, 3.05) is 46.8 Å². The SMILES string of the molecule is CCCCN(C)C(=NC)NCCCCN1CCCC(C)C1.I. The fourth-order valence-corrected chi connectivity index (χ4v) is 3.04. The molecule has 0 amide bonds. The highest BCUT2D eigenvalue weighted by Gasteiger charge is 2.15. The quantitative estimate of drug-likeness (QED) is 0.280.